The Morgan fingerprint density at radius 2 is 1.95 bits per heavy atom. The largest absolute Gasteiger partial charge is 0.381 e. The number of nitrogens with zero attached hydrogens (tertiary/aromatic N) is 1. The molecule has 21 heavy (non-hydrogen) atoms. The summed E-state index contributed by atoms with van der Waals surface area (Å²) in [5.74, 6) is 2.27. The van der Waals surface area contributed by atoms with Gasteiger partial charge >= 0.3 is 0 Å². The van der Waals surface area contributed by atoms with Gasteiger partial charge in [0.25, 0.3) is 0 Å². The zero-order chi connectivity index (χ0) is 15.5. The Hall–Kier alpha value is -0.120. The molecule has 2 aliphatic rings. The third-order valence-corrected chi connectivity index (χ3v) is 5.15. The summed E-state index contributed by atoms with van der Waals surface area (Å²) in [5.41, 5.74) is 0.351. The summed E-state index contributed by atoms with van der Waals surface area (Å²) in [4.78, 5) is 2.73. The predicted octanol–water partition coefficient (Wildman–Crippen LogP) is 3.15. The molecule has 0 radical (unpaired) electrons. The van der Waals surface area contributed by atoms with Crippen LogP contribution in [-0.4, -0.2) is 49.3 Å². The summed E-state index contributed by atoms with van der Waals surface area (Å²) in [5, 5.41) is 3.86. The van der Waals surface area contributed by atoms with Crippen molar-refractivity contribution in [1.29, 1.82) is 0 Å². The third-order valence-electron chi connectivity index (χ3n) is 5.15. The summed E-state index contributed by atoms with van der Waals surface area (Å²) < 4.78 is 5.75. The second-order valence-corrected chi connectivity index (χ2v) is 8.18. The third kappa shape index (κ3) is 4.94. The molecule has 0 amide bonds. The van der Waals surface area contributed by atoms with Crippen LogP contribution in [0.3, 0.4) is 0 Å². The van der Waals surface area contributed by atoms with Crippen molar-refractivity contribution < 1.29 is 4.74 Å². The molecule has 0 spiro atoms. The Kier molecular flexibility index (Phi) is 6.10. The standard InChI is InChI=1S/C18H36N2O/c1-14(2)12-21-10-6-9-20-13-18(5,16-7-8-16)19-11-17(20)15(3)4/h14-17,19H,6-13H2,1-5H3. The Bertz CT molecular complexity index is 314. The molecule has 1 saturated carbocycles. The normalized spacial score (nSPS) is 31.3. The van der Waals surface area contributed by atoms with Crippen LogP contribution in [0.25, 0.3) is 0 Å². The van der Waals surface area contributed by atoms with Gasteiger partial charge in [-0.3, -0.25) is 4.90 Å². The van der Waals surface area contributed by atoms with Gasteiger partial charge in [-0.15, -0.1) is 0 Å². The summed E-state index contributed by atoms with van der Waals surface area (Å²) in [6, 6.07) is 0.682. The van der Waals surface area contributed by atoms with Crippen LogP contribution in [0.2, 0.25) is 0 Å². The first-order valence-corrected chi connectivity index (χ1v) is 8.99. The van der Waals surface area contributed by atoms with E-state index in [2.05, 4.69) is 44.8 Å². The molecule has 0 bridgehead atoms. The number of piperazine rings is 1. The molecular formula is C18H36N2O. The molecule has 3 heteroatoms. The SMILES string of the molecule is CC(C)COCCCN1CC(C)(C2CC2)NCC1C(C)C. The van der Waals surface area contributed by atoms with E-state index in [-0.39, 0.29) is 0 Å². The molecule has 0 aromatic rings. The van der Waals surface area contributed by atoms with Crippen molar-refractivity contribution in [1.82, 2.24) is 10.2 Å². The number of ether oxygens (including phenoxy) is 1. The molecular weight excluding hydrogens is 260 g/mol. The molecule has 1 saturated heterocycles. The second-order valence-electron chi connectivity index (χ2n) is 8.18. The lowest BCUT2D eigenvalue weighted by Gasteiger charge is -2.48. The van der Waals surface area contributed by atoms with Gasteiger partial charge in [0, 0.05) is 44.4 Å². The maximum absolute atomic E-state index is 5.75. The smallest absolute Gasteiger partial charge is 0.0489 e. The van der Waals surface area contributed by atoms with Gasteiger partial charge in [0.05, 0.1) is 0 Å². The van der Waals surface area contributed by atoms with Crippen LogP contribution >= 0.6 is 0 Å². The summed E-state index contributed by atoms with van der Waals surface area (Å²) in [6.45, 7) is 16.9. The second kappa shape index (κ2) is 7.43. The van der Waals surface area contributed by atoms with Gasteiger partial charge in [0.15, 0.2) is 0 Å². The summed E-state index contributed by atoms with van der Waals surface area (Å²) >= 11 is 0. The minimum Gasteiger partial charge on any atom is -0.381 e. The van der Waals surface area contributed by atoms with Crippen LogP contribution in [0.4, 0.5) is 0 Å². The first kappa shape index (κ1) is 17.2. The highest BCUT2D eigenvalue weighted by molar-refractivity contribution is 5.04. The van der Waals surface area contributed by atoms with Crippen LogP contribution in [0, 0.1) is 17.8 Å². The van der Waals surface area contributed by atoms with E-state index in [0.717, 1.165) is 38.0 Å². The zero-order valence-electron chi connectivity index (χ0n) is 14.8. The van der Waals surface area contributed by atoms with Gasteiger partial charge in [-0.1, -0.05) is 27.7 Å². The van der Waals surface area contributed by atoms with Crippen LogP contribution in [-0.2, 0) is 4.74 Å². The Balaban J connectivity index is 1.80. The van der Waals surface area contributed by atoms with E-state index in [1.807, 2.05) is 0 Å². The first-order chi connectivity index (χ1) is 9.92. The molecule has 0 aromatic heterocycles. The average molecular weight is 296 g/mol. The van der Waals surface area contributed by atoms with Crippen molar-refractivity contribution in [3.05, 3.63) is 0 Å². The van der Waals surface area contributed by atoms with E-state index < -0.39 is 0 Å². The average Bonchev–Trinajstić information content (AvgIpc) is 3.22. The molecule has 2 fully saturated rings. The fraction of sp³-hybridized carbons (Fsp3) is 1.00. The van der Waals surface area contributed by atoms with Crippen LogP contribution < -0.4 is 5.32 Å². The van der Waals surface area contributed by atoms with E-state index >= 15 is 0 Å². The van der Waals surface area contributed by atoms with Crippen molar-refractivity contribution in [2.75, 3.05) is 32.8 Å². The summed E-state index contributed by atoms with van der Waals surface area (Å²) in [6.07, 6.45) is 4.00. The van der Waals surface area contributed by atoms with E-state index in [4.69, 9.17) is 4.74 Å². The minimum absolute atomic E-state index is 0.351. The molecule has 1 heterocycles. The van der Waals surface area contributed by atoms with Gasteiger partial charge in [-0.2, -0.15) is 0 Å². The Morgan fingerprint density at radius 1 is 1.24 bits per heavy atom. The quantitative estimate of drug-likeness (QED) is 0.696. The zero-order valence-corrected chi connectivity index (χ0v) is 14.8. The van der Waals surface area contributed by atoms with Crippen molar-refractivity contribution in [2.45, 2.75) is 65.5 Å². The molecule has 124 valence electrons. The van der Waals surface area contributed by atoms with Gasteiger partial charge in [-0.25, -0.2) is 0 Å². The Labute approximate surface area is 131 Å². The van der Waals surface area contributed by atoms with Gasteiger partial charge in [0.1, 0.15) is 0 Å². The molecule has 0 aromatic carbocycles. The summed E-state index contributed by atoms with van der Waals surface area (Å²) in [7, 11) is 0. The number of hydrogen-bond donors (Lipinski definition) is 1. The van der Waals surface area contributed by atoms with Gasteiger partial charge in [0.2, 0.25) is 0 Å². The van der Waals surface area contributed by atoms with Crippen molar-refractivity contribution in [3.8, 4) is 0 Å². The van der Waals surface area contributed by atoms with E-state index in [1.165, 1.54) is 25.9 Å². The van der Waals surface area contributed by atoms with Crippen LogP contribution in [0.1, 0.15) is 53.9 Å². The van der Waals surface area contributed by atoms with Crippen LogP contribution in [0.15, 0.2) is 0 Å². The molecule has 2 atom stereocenters. The lowest BCUT2D eigenvalue weighted by molar-refractivity contribution is 0.0386. The van der Waals surface area contributed by atoms with E-state index in [0.29, 0.717) is 17.5 Å². The highest BCUT2D eigenvalue weighted by atomic mass is 16.5. The van der Waals surface area contributed by atoms with Gasteiger partial charge < -0.3 is 10.1 Å². The lowest BCUT2D eigenvalue weighted by Crippen LogP contribution is -2.65. The highest BCUT2D eigenvalue weighted by Gasteiger charge is 2.46. The van der Waals surface area contributed by atoms with Gasteiger partial charge in [-0.05, 0) is 43.9 Å². The highest BCUT2D eigenvalue weighted by Crippen LogP contribution is 2.41. The first-order valence-electron chi connectivity index (χ1n) is 8.99. The number of rotatable bonds is 8. The van der Waals surface area contributed by atoms with Crippen molar-refractivity contribution in [2.24, 2.45) is 17.8 Å². The lowest BCUT2D eigenvalue weighted by atomic mass is 9.88. The molecule has 1 aliphatic carbocycles. The predicted molar refractivity (Wildman–Crippen MR) is 89.6 cm³/mol. The molecule has 1 aliphatic heterocycles. The van der Waals surface area contributed by atoms with Crippen LogP contribution in [0.5, 0.6) is 0 Å². The molecule has 2 rings (SSSR count). The molecule has 1 N–H and O–H groups in total. The topological polar surface area (TPSA) is 24.5 Å². The maximum atomic E-state index is 5.75. The molecule has 2 unspecified atom stereocenters. The van der Waals surface area contributed by atoms with Crippen molar-refractivity contribution in [3.63, 3.8) is 0 Å². The maximum Gasteiger partial charge on any atom is 0.0489 e. The monoisotopic (exact) mass is 296 g/mol. The minimum atomic E-state index is 0.351. The Morgan fingerprint density at radius 3 is 2.52 bits per heavy atom. The number of hydrogen-bond acceptors (Lipinski definition) is 3. The number of nitrogens with one attached hydrogen (secondary N) is 1. The van der Waals surface area contributed by atoms with Crippen molar-refractivity contribution >= 4 is 0 Å². The van der Waals surface area contributed by atoms with E-state index in [9.17, 15) is 0 Å². The van der Waals surface area contributed by atoms with E-state index in [1.54, 1.807) is 0 Å². The fourth-order valence-electron chi connectivity index (χ4n) is 3.65. The molecule has 3 nitrogen and oxygen atoms in total. The fourth-order valence-corrected chi connectivity index (χ4v) is 3.65.